The Balaban J connectivity index is 2.16. The molecule has 0 unspecified atom stereocenters. The molecule has 0 aliphatic carbocycles. The average Bonchev–Trinajstić information content (AvgIpc) is 2.60. The Morgan fingerprint density at radius 2 is 2.27 bits per heavy atom. The van der Waals surface area contributed by atoms with Crippen LogP contribution in [0.25, 0.3) is 5.65 Å². The van der Waals surface area contributed by atoms with Crippen molar-refractivity contribution >= 4 is 11.3 Å². The van der Waals surface area contributed by atoms with E-state index in [-0.39, 0.29) is 0 Å². The third-order valence-electron chi connectivity index (χ3n) is 2.31. The molecule has 4 nitrogen and oxygen atoms in total. The number of pyridine rings is 1. The minimum absolute atomic E-state index is 0.753. The molecule has 80 valence electrons. The summed E-state index contributed by atoms with van der Waals surface area (Å²) in [5.74, 6) is 0. The van der Waals surface area contributed by atoms with Gasteiger partial charge in [-0.1, -0.05) is 0 Å². The van der Waals surface area contributed by atoms with Gasteiger partial charge in [0, 0.05) is 31.8 Å². The molecule has 0 aliphatic heterocycles. The third-order valence-corrected chi connectivity index (χ3v) is 2.31. The van der Waals surface area contributed by atoms with Crippen molar-refractivity contribution in [2.24, 2.45) is 0 Å². The number of rotatable bonds is 4. The molecule has 4 heteroatoms. The van der Waals surface area contributed by atoms with Crippen molar-refractivity contribution in [2.75, 3.05) is 19.5 Å². The van der Waals surface area contributed by atoms with Crippen LogP contribution in [-0.2, 0) is 11.2 Å². The van der Waals surface area contributed by atoms with E-state index in [0.717, 1.165) is 36.5 Å². The van der Waals surface area contributed by atoms with Crippen LogP contribution in [0.3, 0.4) is 0 Å². The summed E-state index contributed by atoms with van der Waals surface area (Å²) < 4.78 is 6.96. The molecule has 0 aromatic carbocycles. The second-order valence-electron chi connectivity index (χ2n) is 3.56. The van der Waals surface area contributed by atoms with Crippen LogP contribution in [-0.4, -0.2) is 23.1 Å². The zero-order chi connectivity index (χ0) is 10.7. The first-order valence-corrected chi connectivity index (χ1v) is 5.01. The lowest BCUT2D eigenvalue weighted by molar-refractivity contribution is 0.195. The largest absolute Gasteiger partial charge is 0.398 e. The number of hydrogen-bond acceptors (Lipinski definition) is 3. The first-order valence-electron chi connectivity index (χ1n) is 5.01. The summed E-state index contributed by atoms with van der Waals surface area (Å²) in [7, 11) is 1.71. The van der Waals surface area contributed by atoms with E-state index in [1.54, 1.807) is 7.11 Å². The highest BCUT2D eigenvalue weighted by Gasteiger charge is 2.01. The second kappa shape index (κ2) is 4.31. The number of aryl methyl sites for hydroxylation is 1. The molecule has 2 aromatic rings. The summed E-state index contributed by atoms with van der Waals surface area (Å²) in [4.78, 5) is 4.48. The Morgan fingerprint density at radius 1 is 1.40 bits per heavy atom. The highest BCUT2D eigenvalue weighted by Crippen LogP contribution is 2.10. The van der Waals surface area contributed by atoms with E-state index in [4.69, 9.17) is 10.5 Å². The van der Waals surface area contributed by atoms with E-state index in [9.17, 15) is 0 Å². The monoisotopic (exact) mass is 205 g/mol. The SMILES string of the molecule is COCCCc1cn2cc(N)ccc2n1. The van der Waals surface area contributed by atoms with E-state index in [2.05, 4.69) is 4.98 Å². The molecule has 0 spiro atoms. The van der Waals surface area contributed by atoms with Crippen LogP contribution in [0.1, 0.15) is 12.1 Å². The van der Waals surface area contributed by atoms with Crippen molar-refractivity contribution in [1.82, 2.24) is 9.38 Å². The molecular weight excluding hydrogens is 190 g/mol. The standard InChI is InChI=1S/C11H15N3O/c1-15-6-2-3-10-8-14-7-9(12)4-5-11(14)13-10/h4-5,7-8H,2-3,6,12H2,1H3. The van der Waals surface area contributed by atoms with Crippen molar-refractivity contribution < 1.29 is 4.74 Å². The fourth-order valence-electron chi connectivity index (χ4n) is 1.58. The van der Waals surface area contributed by atoms with Crippen molar-refractivity contribution in [3.63, 3.8) is 0 Å². The van der Waals surface area contributed by atoms with Crippen LogP contribution >= 0.6 is 0 Å². The Labute approximate surface area is 88.7 Å². The van der Waals surface area contributed by atoms with Gasteiger partial charge < -0.3 is 14.9 Å². The average molecular weight is 205 g/mol. The molecule has 2 rings (SSSR count). The Kier molecular flexibility index (Phi) is 2.87. The summed E-state index contributed by atoms with van der Waals surface area (Å²) in [6.07, 6.45) is 5.83. The molecule has 0 fully saturated rings. The molecule has 15 heavy (non-hydrogen) atoms. The number of nitrogens with zero attached hydrogens (tertiary/aromatic N) is 2. The summed E-state index contributed by atoms with van der Waals surface area (Å²) in [6, 6.07) is 3.79. The minimum Gasteiger partial charge on any atom is -0.398 e. The maximum Gasteiger partial charge on any atom is 0.137 e. The van der Waals surface area contributed by atoms with Gasteiger partial charge in [0.1, 0.15) is 5.65 Å². The number of hydrogen-bond donors (Lipinski definition) is 1. The number of anilines is 1. The quantitative estimate of drug-likeness (QED) is 0.769. The predicted octanol–water partition coefficient (Wildman–Crippen LogP) is 1.50. The van der Waals surface area contributed by atoms with Crippen LogP contribution in [0.2, 0.25) is 0 Å². The number of fused-ring (bicyclic) bond motifs is 1. The number of imidazole rings is 1. The topological polar surface area (TPSA) is 52.5 Å². The van der Waals surface area contributed by atoms with E-state index < -0.39 is 0 Å². The highest BCUT2D eigenvalue weighted by molar-refractivity contribution is 5.48. The van der Waals surface area contributed by atoms with Gasteiger partial charge in [-0.25, -0.2) is 4.98 Å². The van der Waals surface area contributed by atoms with Gasteiger partial charge in [-0.3, -0.25) is 0 Å². The molecule has 0 amide bonds. The Hall–Kier alpha value is -1.55. The van der Waals surface area contributed by atoms with Crippen LogP contribution in [0.5, 0.6) is 0 Å². The molecule has 2 N–H and O–H groups in total. The van der Waals surface area contributed by atoms with E-state index in [1.165, 1.54) is 0 Å². The van der Waals surface area contributed by atoms with Crippen molar-refractivity contribution in [3.8, 4) is 0 Å². The molecule has 0 bridgehead atoms. The molecular formula is C11H15N3O. The molecule has 2 heterocycles. The summed E-state index contributed by atoms with van der Waals surface area (Å²) in [6.45, 7) is 0.774. The molecule has 0 aliphatic rings. The van der Waals surface area contributed by atoms with Gasteiger partial charge in [-0.05, 0) is 25.0 Å². The highest BCUT2D eigenvalue weighted by atomic mass is 16.5. The van der Waals surface area contributed by atoms with Crippen LogP contribution < -0.4 is 5.73 Å². The van der Waals surface area contributed by atoms with Gasteiger partial charge in [-0.2, -0.15) is 0 Å². The van der Waals surface area contributed by atoms with Crippen molar-refractivity contribution in [2.45, 2.75) is 12.8 Å². The van der Waals surface area contributed by atoms with E-state index in [1.807, 2.05) is 28.9 Å². The van der Waals surface area contributed by atoms with Crippen molar-refractivity contribution in [3.05, 3.63) is 30.2 Å². The van der Waals surface area contributed by atoms with Gasteiger partial charge in [0.25, 0.3) is 0 Å². The molecule has 0 radical (unpaired) electrons. The molecule has 0 saturated carbocycles. The summed E-state index contributed by atoms with van der Waals surface area (Å²) in [5.41, 5.74) is 8.46. The first-order chi connectivity index (χ1) is 7.29. The predicted molar refractivity (Wildman–Crippen MR) is 59.8 cm³/mol. The van der Waals surface area contributed by atoms with Gasteiger partial charge in [-0.15, -0.1) is 0 Å². The lowest BCUT2D eigenvalue weighted by Crippen LogP contribution is -1.92. The summed E-state index contributed by atoms with van der Waals surface area (Å²) >= 11 is 0. The molecule has 0 saturated heterocycles. The number of aromatic nitrogens is 2. The Bertz CT molecular complexity index is 450. The Morgan fingerprint density at radius 3 is 3.07 bits per heavy atom. The zero-order valence-corrected chi connectivity index (χ0v) is 8.81. The fraction of sp³-hybridized carbons (Fsp3) is 0.364. The number of methoxy groups -OCH3 is 1. The smallest absolute Gasteiger partial charge is 0.137 e. The molecule has 0 atom stereocenters. The van der Waals surface area contributed by atoms with E-state index >= 15 is 0 Å². The van der Waals surface area contributed by atoms with Crippen LogP contribution in [0, 0.1) is 0 Å². The molecule has 2 aromatic heterocycles. The zero-order valence-electron chi connectivity index (χ0n) is 8.81. The fourth-order valence-corrected chi connectivity index (χ4v) is 1.58. The first kappa shape index (κ1) is 9.98. The van der Waals surface area contributed by atoms with Gasteiger partial charge in [0.05, 0.1) is 5.69 Å². The number of ether oxygens (including phenoxy) is 1. The maximum atomic E-state index is 5.69. The lowest BCUT2D eigenvalue weighted by Gasteiger charge is -1.94. The van der Waals surface area contributed by atoms with Crippen LogP contribution in [0.15, 0.2) is 24.5 Å². The van der Waals surface area contributed by atoms with Gasteiger partial charge >= 0.3 is 0 Å². The summed E-state index contributed by atoms with van der Waals surface area (Å²) in [5, 5.41) is 0. The lowest BCUT2D eigenvalue weighted by atomic mass is 10.3. The minimum atomic E-state index is 0.753. The maximum absolute atomic E-state index is 5.69. The van der Waals surface area contributed by atoms with Crippen LogP contribution in [0.4, 0.5) is 5.69 Å². The van der Waals surface area contributed by atoms with E-state index in [0.29, 0.717) is 0 Å². The van der Waals surface area contributed by atoms with Gasteiger partial charge in [0.15, 0.2) is 0 Å². The van der Waals surface area contributed by atoms with Crippen molar-refractivity contribution in [1.29, 1.82) is 0 Å². The number of nitrogens with two attached hydrogens (primary N) is 1. The van der Waals surface area contributed by atoms with Gasteiger partial charge in [0.2, 0.25) is 0 Å². The third kappa shape index (κ3) is 2.27. The second-order valence-corrected chi connectivity index (χ2v) is 3.56. The number of nitrogen functional groups attached to an aromatic ring is 1. The normalized spacial score (nSPS) is 11.0.